The largest absolute Gasteiger partial charge is 0.480 e. The maximum absolute atomic E-state index is 12.1. The molecule has 0 fully saturated rings. The Bertz CT molecular complexity index is 316. The highest BCUT2D eigenvalue weighted by Crippen LogP contribution is 2.19. The third kappa shape index (κ3) is 5.58. The van der Waals surface area contributed by atoms with Crippen LogP contribution in [0.25, 0.3) is 0 Å². The first kappa shape index (κ1) is 17.2. The lowest BCUT2D eigenvalue weighted by Gasteiger charge is -2.34. The van der Waals surface area contributed by atoms with Crippen LogP contribution in [0.3, 0.4) is 0 Å². The van der Waals surface area contributed by atoms with Gasteiger partial charge in [-0.3, -0.25) is 9.59 Å². The van der Waals surface area contributed by atoms with Crippen molar-refractivity contribution in [3.05, 3.63) is 0 Å². The van der Waals surface area contributed by atoms with Gasteiger partial charge in [0.05, 0.1) is 0 Å². The number of carbonyl (C=O) groups is 3. The molecule has 0 heterocycles. The van der Waals surface area contributed by atoms with Gasteiger partial charge in [0.25, 0.3) is 0 Å². The van der Waals surface area contributed by atoms with Crippen molar-refractivity contribution < 1.29 is 19.5 Å². The normalized spacial score (nSPS) is 10.9. The molecule has 0 aliphatic heterocycles. The standard InChI is InChI=1S/C12H23N3O4/c1-4-12(5-2,6-3)14-11(19)15(7-9(13)16)8-10(17)18/h4-8H2,1-3H3,(H2,13,16)(H,14,19)(H,17,18). The van der Waals surface area contributed by atoms with Crippen LogP contribution in [0.15, 0.2) is 0 Å². The Morgan fingerprint density at radius 3 is 1.89 bits per heavy atom. The number of nitrogens with zero attached hydrogens (tertiary/aromatic N) is 1. The van der Waals surface area contributed by atoms with Crippen molar-refractivity contribution >= 4 is 17.9 Å². The van der Waals surface area contributed by atoms with Crippen molar-refractivity contribution in [3.63, 3.8) is 0 Å². The van der Waals surface area contributed by atoms with Crippen LogP contribution in [-0.4, -0.2) is 46.5 Å². The van der Waals surface area contributed by atoms with Gasteiger partial charge < -0.3 is 21.1 Å². The van der Waals surface area contributed by atoms with E-state index in [1.165, 1.54) is 0 Å². The quantitative estimate of drug-likeness (QED) is 0.599. The number of hydrogen-bond donors (Lipinski definition) is 3. The SMILES string of the molecule is CCC(CC)(CC)NC(=O)N(CC(N)=O)CC(=O)O. The summed E-state index contributed by atoms with van der Waals surface area (Å²) in [6, 6.07) is -0.577. The number of aliphatic carboxylic acids is 1. The van der Waals surface area contributed by atoms with Gasteiger partial charge >= 0.3 is 12.0 Å². The molecule has 0 saturated heterocycles. The average Bonchev–Trinajstić information content (AvgIpc) is 2.34. The van der Waals surface area contributed by atoms with Crippen molar-refractivity contribution in [2.75, 3.05) is 13.1 Å². The molecule has 0 aliphatic carbocycles. The Labute approximate surface area is 113 Å². The lowest BCUT2D eigenvalue weighted by Crippen LogP contribution is -2.54. The van der Waals surface area contributed by atoms with E-state index in [1.807, 2.05) is 20.8 Å². The van der Waals surface area contributed by atoms with Crippen molar-refractivity contribution in [1.82, 2.24) is 10.2 Å². The summed E-state index contributed by atoms with van der Waals surface area (Å²) in [5.74, 6) is -1.93. The van der Waals surface area contributed by atoms with Crippen molar-refractivity contribution in [2.45, 2.75) is 45.6 Å². The van der Waals surface area contributed by atoms with Crippen LogP contribution >= 0.6 is 0 Å². The summed E-state index contributed by atoms with van der Waals surface area (Å²) in [5.41, 5.74) is 4.63. The number of carboxylic acids is 1. The summed E-state index contributed by atoms with van der Waals surface area (Å²) >= 11 is 0. The number of nitrogens with one attached hydrogen (secondary N) is 1. The fourth-order valence-corrected chi connectivity index (χ4v) is 1.87. The van der Waals surface area contributed by atoms with Crippen LogP contribution in [-0.2, 0) is 9.59 Å². The molecule has 0 rings (SSSR count). The number of amides is 3. The number of urea groups is 1. The molecule has 4 N–H and O–H groups in total. The van der Waals surface area contributed by atoms with Crippen LogP contribution in [0.1, 0.15) is 40.0 Å². The van der Waals surface area contributed by atoms with Crippen molar-refractivity contribution in [2.24, 2.45) is 5.73 Å². The van der Waals surface area contributed by atoms with E-state index >= 15 is 0 Å². The molecule has 19 heavy (non-hydrogen) atoms. The number of nitrogens with two attached hydrogens (primary N) is 1. The predicted molar refractivity (Wildman–Crippen MR) is 70.5 cm³/mol. The minimum atomic E-state index is -1.19. The predicted octanol–water partition coefficient (Wildman–Crippen LogP) is 0.537. The number of hydrogen-bond acceptors (Lipinski definition) is 3. The van der Waals surface area contributed by atoms with Gasteiger partial charge in [-0.1, -0.05) is 20.8 Å². The van der Waals surface area contributed by atoms with Crippen LogP contribution < -0.4 is 11.1 Å². The molecule has 0 spiro atoms. The second-order valence-electron chi connectivity index (χ2n) is 4.49. The molecule has 7 nitrogen and oxygen atoms in total. The van der Waals surface area contributed by atoms with Gasteiger partial charge in [0.1, 0.15) is 13.1 Å². The first-order valence-electron chi connectivity index (χ1n) is 6.37. The highest BCUT2D eigenvalue weighted by Gasteiger charge is 2.29. The topological polar surface area (TPSA) is 113 Å². The van der Waals surface area contributed by atoms with E-state index < -0.39 is 31.0 Å². The Balaban J connectivity index is 4.88. The molecule has 0 aromatic heterocycles. The van der Waals surface area contributed by atoms with Gasteiger partial charge in [-0.2, -0.15) is 0 Å². The van der Waals surface area contributed by atoms with Crippen molar-refractivity contribution in [1.29, 1.82) is 0 Å². The second-order valence-corrected chi connectivity index (χ2v) is 4.49. The van der Waals surface area contributed by atoms with E-state index in [-0.39, 0.29) is 5.54 Å². The molecule has 3 amide bonds. The Hall–Kier alpha value is -1.79. The Kier molecular flexibility index (Phi) is 6.89. The third-order valence-corrected chi connectivity index (χ3v) is 3.36. The maximum atomic E-state index is 12.1. The summed E-state index contributed by atoms with van der Waals surface area (Å²) < 4.78 is 0. The molecule has 0 atom stereocenters. The molecule has 0 saturated carbocycles. The zero-order chi connectivity index (χ0) is 15.1. The minimum absolute atomic E-state index is 0.383. The Morgan fingerprint density at radius 1 is 1.11 bits per heavy atom. The van der Waals surface area contributed by atoms with E-state index in [2.05, 4.69) is 5.32 Å². The molecular weight excluding hydrogens is 250 g/mol. The number of carboxylic acid groups (broad SMARTS) is 1. The summed E-state index contributed by atoms with van der Waals surface area (Å²) in [6.45, 7) is 4.88. The molecule has 0 radical (unpaired) electrons. The van der Waals surface area contributed by atoms with Gasteiger partial charge in [-0.25, -0.2) is 4.79 Å². The zero-order valence-electron chi connectivity index (χ0n) is 11.7. The lowest BCUT2D eigenvalue weighted by molar-refractivity contribution is -0.137. The van der Waals surface area contributed by atoms with Crippen LogP contribution in [0, 0.1) is 0 Å². The van der Waals surface area contributed by atoms with Crippen LogP contribution in [0.2, 0.25) is 0 Å². The third-order valence-electron chi connectivity index (χ3n) is 3.36. The van der Waals surface area contributed by atoms with Gasteiger partial charge in [0.15, 0.2) is 0 Å². The Morgan fingerprint density at radius 2 is 1.58 bits per heavy atom. The second kappa shape index (κ2) is 7.60. The zero-order valence-corrected chi connectivity index (χ0v) is 11.7. The van der Waals surface area contributed by atoms with Gasteiger partial charge in [-0.15, -0.1) is 0 Å². The van der Waals surface area contributed by atoms with Gasteiger partial charge in [0.2, 0.25) is 5.91 Å². The first-order valence-corrected chi connectivity index (χ1v) is 6.37. The van der Waals surface area contributed by atoms with E-state index in [1.54, 1.807) is 0 Å². The molecule has 0 aromatic rings. The minimum Gasteiger partial charge on any atom is -0.480 e. The smallest absolute Gasteiger partial charge is 0.323 e. The lowest BCUT2D eigenvalue weighted by atomic mass is 9.90. The number of carbonyl (C=O) groups excluding carboxylic acids is 2. The molecule has 0 aliphatic rings. The number of rotatable bonds is 8. The molecule has 110 valence electrons. The fourth-order valence-electron chi connectivity index (χ4n) is 1.87. The molecule has 0 aromatic carbocycles. The number of primary amides is 1. The molecular formula is C12H23N3O4. The van der Waals surface area contributed by atoms with Gasteiger partial charge in [0, 0.05) is 5.54 Å². The summed E-state index contributed by atoms with van der Waals surface area (Å²) in [4.78, 5) is 34.5. The highest BCUT2D eigenvalue weighted by molar-refractivity contribution is 5.86. The van der Waals surface area contributed by atoms with E-state index in [0.717, 1.165) is 24.2 Å². The highest BCUT2D eigenvalue weighted by atomic mass is 16.4. The van der Waals surface area contributed by atoms with E-state index in [4.69, 9.17) is 10.8 Å². The molecule has 0 bridgehead atoms. The average molecular weight is 273 g/mol. The van der Waals surface area contributed by atoms with E-state index in [9.17, 15) is 14.4 Å². The van der Waals surface area contributed by atoms with Crippen molar-refractivity contribution in [3.8, 4) is 0 Å². The first-order chi connectivity index (χ1) is 8.80. The fraction of sp³-hybridized carbons (Fsp3) is 0.750. The van der Waals surface area contributed by atoms with Crippen LogP contribution in [0.5, 0.6) is 0 Å². The summed E-state index contributed by atoms with van der Waals surface area (Å²) in [5, 5.41) is 11.5. The summed E-state index contributed by atoms with van der Waals surface area (Å²) in [7, 11) is 0. The summed E-state index contributed by atoms with van der Waals surface area (Å²) in [6.07, 6.45) is 2.18. The molecule has 0 unspecified atom stereocenters. The monoisotopic (exact) mass is 273 g/mol. The van der Waals surface area contributed by atoms with Gasteiger partial charge in [-0.05, 0) is 19.3 Å². The van der Waals surface area contributed by atoms with Crippen LogP contribution in [0.4, 0.5) is 4.79 Å². The van der Waals surface area contributed by atoms with E-state index in [0.29, 0.717) is 0 Å². The maximum Gasteiger partial charge on any atom is 0.323 e. The molecule has 7 heteroatoms.